The molecule has 33 heavy (non-hydrogen) atoms. The van der Waals surface area contributed by atoms with Gasteiger partial charge >= 0.3 is 0 Å². The van der Waals surface area contributed by atoms with Crippen LogP contribution in [0.1, 0.15) is 32.6 Å². The third kappa shape index (κ3) is 5.65. The van der Waals surface area contributed by atoms with Crippen LogP contribution in [0.3, 0.4) is 0 Å². The highest BCUT2D eigenvalue weighted by atomic mass is 32.1. The maximum atomic E-state index is 13.3. The summed E-state index contributed by atoms with van der Waals surface area (Å²) in [6.45, 7) is 6.23. The molecule has 0 unspecified atom stereocenters. The fraction of sp³-hybridized carbons (Fsp3) is 0.417. The number of rotatable bonds is 7. The quantitative estimate of drug-likeness (QED) is 0.399. The van der Waals surface area contributed by atoms with E-state index in [-0.39, 0.29) is 11.8 Å². The van der Waals surface area contributed by atoms with Crippen molar-refractivity contribution < 1.29 is 4.39 Å². The molecule has 3 aromatic rings. The Morgan fingerprint density at radius 2 is 1.76 bits per heavy atom. The number of benzene rings is 1. The Kier molecular flexibility index (Phi) is 7.49. The van der Waals surface area contributed by atoms with Crippen LogP contribution in [0.2, 0.25) is 0 Å². The number of anilines is 2. The predicted octanol–water partition coefficient (Wildman–Crippen LogP) is 3.99. The molecule has 2 aromatic heterocycles. The smallest absolute Gasteiger partial charge is 0.222 e. The standard InChI is InChI=1S/C24H30FN7S/c1-2-3-4-5-12-27-24(33)32-15-13-31(14-16-32)22-21-20(29-23(26)30-22)11-10-19(28-21)17-6-8-18(25)9-7-17/h6-11H,2-5,12-16H2,1H3,(H,27,33)(H2,26,29,30). The van der Waals surface area contributed by atoms with Crippen molar-refractivity contribution in [3.63, 3.8) is 0 Å². The second kappa shape index (κ2) is 10.7. The summed E-state index contributed by atoms with van der Waals surface area (Å²) in [5.74, 6) is 0.669. The van der Waals surface area contributed by atoms with Crippen LogP contribution in [-0.2, 0) is 0 Å². The van der Waals surface area contributed by atoms with Crippen LogP contribution in [0.25, 0.3) is 22.3 Å². The highest BCUT2D eigenvalue weighted by Crippen LogP contribution is 2.27. The van der Waals surface area contributed by atoms with E-state index in [1.54, 1.807) is 12.1 Å². The Morgan fingerprint density at radius 3 is 2.48 bits per heavy atom. The maximum absolute atomic E-state index is 13.3. The van der Waals surface area contributed by atoms with Crippen LogP contribution in [0.4, 0.5) is 16.2 Å². The molecule has 0 saturated carbocycles. The lowest BCUT2D eigenvalue weighted by Gasteiger charge is -2.37. The van der Waals surface area contributed by atoms with Gasteiger partial charge in [-0.15, -0.1) is 0 Å². The minimum atomic E-state index is -0.275. The van der Waals surface area contributed by atoms with Gasteiger partial charge in [-0.2, -0.15) is 4.98 Å². The van der Waals surface area contributed by atoms with Crippen molar-refractivity contribution in [2.45, 2.75) is 32.6 Å². The largest absolute Gasteiger partial charge is 0.368 e. The van der Waals surface area contributed by atoms with E-state index in [1.807, 2.05) is 12.1 Å². The monoisotopic (exact) mass is 467 g/mol. The Labute approximate surface area is 199 Å². The minimum absolute atomic E-state index is 0.223. The van der Waals surface area contributed by atoms with Gasteiger partial charge in [0.25, 0.3) is 0 Å². The van der Waals surface area contributed by atoms with Crippen molar-refractivity contribution in [2.75, 3.05) is 43.4 Å². The molecule has 4 rings (SSSR count). The molecule has 7 nitrogen and oxygen atoms in total. The zero-order chi connectivity index (χ0) is 23.2. The number of hydrogen-bond donors (Lipinski definition) is 2. The normalized spacial score (nSPS) is 14.0. The van der Waals surface area contributed by atoms with Gasteiger partial charge in [0, 0.05) is 38.3 Å². The molecule has 174 valence electrons. The zero-order valence-corrected chi connectivity index (χ0v) is 19.7. The number of unbranched alkanes of at least 4 members (excludes halogenated alkanes) is 3. The average Bonchev–Trinajstić information content (AvgIpc) is 2.83. The Hall–Kier alpha value is -3.07. The number of aromatic nitrogens is 3. The van der Waals surface area contributed by atoms with Crippen LogP contribution < -0.4 is 16.0 Å². The summed E-state index contributed by atoms with van der Waals surface area (Å²) >= 11 is 5.60. The van der Waals surface area contributed by atoms with Crippen molar-refractivity contribution in [2.24, 2.45) is 0 Å². The molecule has 1 aliphatic heterocycles. The summed E-state index contributed by atoms with van der Waals surface area (Å²) in [5.41, 5.74) is 8.96. The fourth-order valence-corrected chi connectivity index (χ4v) is 4.28. The lowest BCUT2D eigenvalue weighted by molar-refractivity contribution is 0.379. The number of nitrogens with one attached hydrogen (secondary N) is 1. The first-order valence-corrected chi connectivity index (χ1v) is 11.9. The molecule has 1 aliphatic rings. The number of fused-ring (bicyclic) bond motifs is 1. The SMILES string of the molecule is CCCCCCNC(=S)N1CCN(c2nc(N)nc3ccc(-c4ccc(F)cc4)nc23)CC1. The predicted molar refractivity (Wildman–Crippen MR) is 136 cm³/mol. The van der Waals surface area contributed by atoms with Gasteiger partial charge in [-0.25, -0.2) is 14.4 Å². The van der Waals surface area contributed by atoms with E-state index < -0.39 is 0 Å². The summed E-state index contributed by atoms with van der Waals surface area (Å²) in [4.78, 5) is 18.1. The van der Waals surface area contributed by atoms with Gasteiger partial charge in [-0.3, -0.25) is 0 Å². The molecular weight excluding hydrogens is 437 g/mol. The molecule has 0 atom stereocenters. The highest BCUT2D eigenvalue weighted by Gasteiger charge is 2.23. The van der Waals surface area contributed by atoms with E-state index >= 15 is 0 Å². The zero-order valence-electron chi connectivity index (χ0n) is 18.9. The summed E-state index contributed by atoms with van der Waals surface area (Å²) in [6, 6.07) is 10.1. The number of hydrogen-bond acceptors (Lipinski definition) is 6. The van der Waals surface area contributed by atoms with E-state index in [0.717, 1.165) is 61.3 Å². The van der Waals surface area contributed by atoms with E-state index in [0.29, 0.717) is 11.0 Å². The number of thiocarbonyl (C=S) groups is 1. The van der Waals surface area contributed by atoms with Crippen molar-refractivity contribution in [1.82, 2.24) is 25.2 Å². The molecule has 0 amide bonds. The van der Waals surface area contributed by atoms with E-state index in [1.165, 1.54) is 31.4 Å². The number of nitrogen functional groups attached to an aromatic ring is 1. The van der Waals surface area contributed by atoms with Crippen LogP contribution >= 0.6 is 12.2 Å². The van der Waals surface area contributed by atoms with Crippen LogP contribution in [0.5, 0.6) is 0 Å². The van der Waals surface area contributed by atoms with E-state index in [9.17, 15) is 4.39 Å². The van der Waals surface area contributed by atoms with Gasteiger partial charge in [-0.05, 0) is 55.0 Å². The number of pyridine rings is 1. The first kappa shape index (κ1) is 23.1. The van der Waals surface area contributed by atoms with Crippen LogP contribution in [-0.4, -0.2) is 57.7 Å². The van der Waals surface area contributed by atoms with E-state index in [2.05, 4.69) is 32.0 Å². The molecule has 0 bridgehead atoms. The molecular formula is C24H30FN7S. The molecule has 3 heterocycles. The summed E-state index contributed by atoms with van der Waals surface area (Å²) in [7, 11) is 0. The molecule has 9 heteroatoms. The van der Waals surface area contributed by atoms with Crippen LogP contribution in [0.15, 0.2) is 36.4 Å². The molecule has 3 N–H and O–H groups in total. The van der Waals surface area contributed by atoms with Crippen LogP contribution in [0, 0.1) is 5.82 Å². The number of nitrogens with zero attached hydrogens (tertiary/aromatic N) is 5. The van der Waals surface area contributed by atoms with Gasteiger partial charge in [0.1, 0.15) is 11.3 Å². The topological polar surface area (TPSA) is 83.2 Å². The first-order valence-electron chi connectivity index (χ1n) is 11.5. The summed E-state index contributed by atoms with van der Waals surface area (Å²) in [6.07, 6.45) is 4.87. The van der Waals surface area contributed by atoms with Gasteiger partial charge < -0.3 is 20.9 Å². The van der Waals surface area contributed by atoms with Gasteiger partial charge in [0.15, 0.2) is 10.9 Å². The molecule has 1 aromatic carbocycles. The summed E-state index contributed by atoms with van der Waals surface area (Å²) < 4.78 is 13.3. The van der Waals surface area contributed by atoms with Gasteiger partial charge in [0.05, 0.1) is 11.2 Å². The van der Waals surface area contributed by atoms with Crippen molar-refractivity contribution >= 4 is 40.1 Å². The lowest BCUT2D eigenvalue weighted by Crippen LogP contribution is -2.52. The van der Waals surface area contributed by atoms with E-state index in [4.69, 9.17) is 22.9 Å². The maximum Gasteiger partial charge on any atom is 0.222 e. The van der Waals surface area contributed by atoms with Gasteiger partial charge in [-0.1, -0.05) is 26.2 Å². The highest BCUT2D eigenvalue weighted by molar-refractivity contribution is 7.80. The van der Waals surface area contributed by atoms with Crippen molar-refractivity contribution in [1.29, 1.82) is 0 Å². The van der Waals surface area contributed by atoms with Crippen molar-refractivity contribution in [3.8, 4) is 11.3 Å². The Balaban J connectivity index is 1.47. The molecule has 0 spiro atoms. The number of nitrogens with two attached hydrogens (primary N) is 1. The third-order valence-corrected chi connectivity index (χ3v) is 6.26. The Bertz CT molecular complexity index is 1100. The molecule has 1 fully saturated rings. The number of halogens is 1. The first-order chi connectivity index (χ1) is 16.0. The fourth-order valence-electron chi connectivity index (χ4n) is 4.00. The number of piperazine rings is 1. The molecule has 1 saturated heterocycles. The molecule has 0 aliphatic carbocycles. The molecule has 0 radical (unpaired) electrons. The third-order valence-electron chi connectivity index (χ3n) is 5.85. The average molecular weight is 468 g/mol. The van der Waals surface area contributed by atoms with Gasteiger partial charge in [0.2, 0.25) is 5.95 Å². The second-order valence-corrected chi connectivity index (χ2v) is 8.63. The lowest BCUT2D eigenvalue weighted by atomic mass is 10.1. The Morgan fingerprint density at radius 1 is 1.00 bits per heavy atom. The minimum Gasteiger partial charge on any atom is -0.368 e. The second-order valence-electron chi connectivity index (χ2n) is 8.24. The van der Waals surface area contributed by atoms with Crippen molar-refractivity contribution in [3.05, 3.63) is 42.2 Å². The summed E-state index contributed by atoms with van der Waals surface area (Å²) in [5, 5.41) is 4.20.